The van der Waals surface area contributed by atoms with Crippen LogP contribution < -0.4 is 10.1 Å². The number of rotatable bonds is 6. The number of carbonyl (C=O) groups is 1. The largest absolute Gasteiger partial charge is 0.488 e. The highest BCUT2D eigenvalue weighted by Gasteiger charge is 2.12. The second-order valence-electron chi connectivity index (χ2n) is 7.03. The van der Waals surface area contributed by atoms with Gasteiger partial charge in [0.1, 0.15) is 29.8 Å². The van der Waals surface area contributed by atoms with E-state index in [1.807, 2.05) is 56.3 Å². The lowest BCUT2D eigenvalue weighted by atomic mass is 10.0. The zero-order valence-corrected chi connectivity index (χ0v) is 17.8. The number of aryl methyl sites for hydroxylation is 2. The van der Waals surface area contributed by atoms with Gasteiger partial charge in [-0.25, -0.2) is 4.39 Å². The molecular weight excluding hydrogens is 415 g/mol. The number of ether oxygens (including phenoxy) is 1. The van der Waals surface area contributed by atoms with Gasteiger partial charge in [0, 0.05) is 10.7 Å². The summed E-state index contributed by atoms with van der Waals surface area (Å²) in [6.07, 6.45) is 1.52. The van der Waals surface area contributed by atoms with E-state index in [9.17, 15) is 14.4 Å². The summed E-state index contributed by atoms with van der Waals surface area (Å²) in [6.45, 7) is 4.22. The van der Waals surface area contributed by atoms with Gasteiger partial charge in [-0.05, 0) is 90.7 Å². The Morgan fingerprint density at radius 1 is 1.10 bits per heavy atom. The van der Waals surface area contributed by atoms with Gasteiger partial charge in [0.05, 0.1) is 0 Å². The molecule has 0 aromatic heterocycles. The van der Waals surface area contributed by atoms with E-state index in [2.05, 4.69) is 5.32 Å². The number of halogens is 2. The highest BCUT2D eigenvalue weighted by molar-refractivity contribution is 6.30. The Bertz CT molecular complexity index is 1140. The van der Waals surface area contributed by atoms with E-state index in [1.165, 1.54) is 30.3 Å². The first-order chi connectivity index (χ1) is 14.9. The lowest BCUT2D eigenvalue weighted by Crippen LogP contribution is -2.13. The number of nitrogens with one attached hydrogen (secondary N) is 1. The summed E-state index contributed by atoms with van der Waals surface area (Å²) < 4.78 is 19.0. The summed E-state index contributed by atoms with van der Waals surface area (Å²) in [5.74, 6) is -0.216. The first kappa shape index (κ1) is 22.1. The molecule has 0 bridgehead atoms. The predicted octanol–water partition coefficient (Wildman–Crippen LogP) is 6.22. The molecule has 3 rings (SSSR count). The van der Waals surface area contributed by atoms with Gasteiger partial charge in [-0.2, -0.15) is 5.26 Å². The van der Waals surface area contributed by atoms with Crippen LogP contribution in [0.4, 0.5) is 10.1 Å². The maximum absolute atomic E-state index is 13.0. The standard InChI is InChI=1S/C25H20ClFN2O2/c1-16-11-19(12-17(2)24(16)31-15-18-3-5-21(26)6-4-18)13-20(14-28)25(30)29-23-9-7-22(27)8-10-23/h3-13H,15H2,1-2H3,(H,29,30)/b20-13+. The van der Waals surface area contributed by atoms with Crippen LogP contribution in [0.5, 0.6) is 5.75 Å². The van der Waals surface area contributed by atoms with Crippen LogP contribution in [0.15, 0.2) is 66.2 Å². The smallest absolute Gasteiger partial charge is 0.266 e. The van der Waals surface area contributed by atoms with Crippen LogP contribution in [-0.4, -0.2) is 5.91 Å². The third-order valence-electron chi connectivity index (χ3n) is 4.56. The van der Waals surface area contributed by atoms with Crippen molar-refractivity contribution in [1.82, 2.24) is 0 Å². The number of nitrogens with zero attached hydrogens (tertiary/aromatic N) is 1. The molecule has 3 aromatic carbocycles. The van der Waals surface area contributed by atoms with Crippen molar-refractivity contribution in [2.45, 2.75) is 20.5 Å². The lowest BCUT2D eigenvalue weighted by Gasteiger charge is -2.13. The fourth-order valence-corrected chi connectivity index (χ4v) is 3.20. The molecule has 3 aromatic rings. The van der Waals surface area contributed by atoms with Crippen LogP contribution in [0.1, 0.15) is 22.3 Å². The quantitative estimate of drug-likeness (QED) is 0.370. The highest BCUT2D eigenvalue weighted by Crippen LogP contribution is 2.27. The fourth-order valence-electron chi connectivity index (χ4n) is 3.08. The second kappa shape index (κ2) is 9.92. The second-order valence-corrected chi connectivity index (χ2v) is 7.47. The zero-order chi connectivity index (χ0) is 22.4. The molecule has 0 heterocycles. The van der Waals surface area contributed by atoms with Crippen LogP contribution in [0.2, 0.25) is 5.02 Å². The maximum Gasteiger partial charge on any atom is 0.266 e. The van der Waals surface area contributed by atoms with E-state index >= 15 is 0 Å². The molecule has 0 atom stereocenters. The van der Waals surface area contributed by atoms with Gasteiger partial charge in [0.25, 0.3) is 5.91 Å². The molecule has 156 valence electrons. The molecule has 6 heteroatoms. The van der Waals surface area contributed by atoms with Crippen molar-refractivity contribution in [2.24, 2.45) is 0 Å². The maximum atomic E-state index is 13.0. The minimum atomic E-state index is -0.563. The number of benzene rings is 3. The van der Waals surface area contributed by atoms with E-state index in [1.54, 1.807) is 0 Å². The SMILES string of the molecule is Cc1cc(/C=C(\C#N)C(=O)Nc2ccc(F)cc2)cc(C)c1OCc1ccc(Cl)cc1. The minimum Gasteiger partial charge on any atom is -0.488 e. The first-order valence-electron chi connectivity index (χ1n) is 9.53. The van der Waals surface area contributed by atoms with E-state index in [0.29, 0.717) is 22.9 Å². The normalized spacial score (nSPS) is 11.0. The van der Waals surface area contributed by atoms with Crippen molar-refractivity contribution in [3.8, 4) is 11.8 Å². The average Bonchev–Trinajstić information content (AvgIpc) is 2.74. The first-order valence-corrected chi connectivity index (χ1v) is 9.90. The van der Waals surface area contributed by atoms with Crippen molar-refractivity contribution in [3.05, 3.63) is 99.3 Å². The van der Waals surface area contributed by atoms with E-state index in [0.717, 1.165) is 22.4 Å². The summed E-state index contributed by atoms with van der Waals surface area (Å²) in [6, 6.07) is 18.4. The fraction of sp³-hybridized carbons (Fsp3) is 0.120. The summed E-state index contributed by atoms with van der Waals surface area (Å²) in [4.78, 5) is 12.4. The topological polar surface area (TPSA) is 62.1 Å². The zero-order valence-electron chi connectivity index (χ0n) is 17.1. The molecule has 1 amide bonds. The Morgan fingerprint density at radius 2 is 1.71 bits per heavy atom. The molecule has 31 heavy (non-hydrogen) atoms. The summed E-state index contributed by atoms with van der Waals surface area (Å²) >= 11 is 5.91. The molecule has 0 radical (unpaired) electrons. The molecule has 4 nitrogen and oxygen atoms in total. The van der Waals surface area contributed by atoms with Crippen LogP contribution in [0, 0.1) is 31.0 Å². The third kappa shape index (κ3) is 5.94. The van der Waals surface area contributed by atoms with Crippen molar-refractivity contribution >= 4 is 29.3 Å². The van der Waals surface area contributed by atoms with Gasteiger partial charge in [-0.3, -0.25) is 4.79 Å². The van der Waals surface area contributed by atoms with E-state index < -0.39 is 11.7 Å². The molecule has 0 fully saturated rings. The van der Waals surface area contributed by atoms with E-state index in [4.69, 9.17) is 16.3 Å². The Balaban J connectivity index is 1.76. The van der Waals surface area contributed by atoms with Crippen LogP contribution in [0.3, 0.4) is 0 Å². The summed E-state index contributed by atoms with van der Waals surface area (Å²) in [5, 5.41) is 12.7. The summed E-state index contributed by atoms with van der Waals surface area (Å²) in [5.41, 5.74) is 3.83. The minimum absolute atomic E-state index is 0.0574. The number of amides is 1. The molecule has 1 N–H and O–H groups in total. The van der Waals surface area contributed by atoms with E-state index in [-0.39, 0.29) is 5.57 Å². The molecule has 0 unspecified atom stereocenters. The Kier molecular flexibility index (Phi) is 7.07. The summed E-state index contributed by atoms with van der Waals surface area (Å²) in [7, 11) is 0. The third-order valence-corrected chi connectivity index (χ3v) is 4.81. The van der Waals surface area contributed by atoms with Gasteiger partial charge in [-0.15, -0.1) is 0 Å². The van der Waals surface area contributed by atoms with Crippen LogP contribution in [-0.2, 0) is 11.4 Å². The molecule has 0 saturated heterocycles. The van der Waals surface area contributed by atoms with Crippen molar-refractivity contribution < 1.29 is 13.9 Å². The number of hydrogen-bond acceptors (Lipinski definition) is 3. The Labute approximate surface area is 185 Å². The molecule has 0 aliphatic carbocycles. The number of anilines is 1. The number of nitriles is 1. The predicted molar refractivity (Wildman–Crippen MR) is 120 cm³/mol. The van der Waals surface area contributed by atoms with Crippen molar-refractivity contribution in [1.29, 1.82) is 5.26 Å². The number of hydrogen-bond donors (Lipinski definition) is 1. The van der Waals surface area contributed by atoms with Crippen LogP contribution >= 0.6 is 11.6 Å². The van der Waals surface area contributed by atoms with Gasteiger partial charge in [-0.1, -0.05) is 23.7 Å². The lowest BCUT2D eigenvalue weighted by molar-refractivity contribution is -0.112. The average molecular weight is 435 g/mol. The molecule has 0 spiro atoms. The molecular formula is C25H20ClFN2O2. The van der Waals surface area contributed by atoms with Gasteiger partial charge in [0.15, 0.2) is 0 Å². The van der Waals surface area contributed by atoms with Crippen LogP contribution in [0.25, 0.3) is 6.08 Å². The van der Waals surface area contributed by atoms with Crippen molar-refractivity contribution in [3.63, 3.8) is 0 Å². The monoisotopic (exact) mass is 434 g/mol. The molecule has 0 aliphatic heterocycles. The van der Waals surface area contributed by atoms with Gasteiger partial charge < -0.3 is 10.1 Å². The Morgan fingerprint density at radius 3 is 2.29 bits per heavy atom. The van der Waals surface area contributed by atoms with Gasteiger partial charge in [0.2, 0.25) is 0 Å². The van der Waals surface area contributed by atoms with Crippen molar-refractivity contribution in [2.75, 3.05) is 5.32 Å². The molecule has 0 aliphatic rings. The Hall–Kier alpha value is -3.62. The molecule has 0 saturated carbocycles. The number of carbonyl (C=O) groups excluding carboxylic acids is 1. The highest BCUT2D eigenvalue weighted by atomic mass is 35.5. The van der Waals surface area contributed by atoms with Gasteiger partial charge >= 0.3 is 0 Å².